The molecule has 0 aliphatic carbocycles. The zero-order chi connectivity index (χ0) is 34.0. The molecule has 0 spiro atoms. The lowest BCUT2D eigenvalue weighted by Crippen LogP contribution is -2.45. The highest BCUT2D eigenvalue weighted by molar-refractivity contribution is 5.90. The minimum atomic E-state index is -4.96. The van der Waals surface area contributed by atoms with Crippen LogP contribution in [0.25, 0.3) is 0 Å². The van der Waals surface area contributed by atoms with Gasteiger partial charge in [-0.15, -0.1) is 0 Å². The largest absolute Gasteiger partial charge is 0.465 e. The Balaban J connectivity index is 5.64. The van der Waals surface area contributed by atoms with E-state index < -0.39 is 129 Å². The van der Waals surface area contributed by atoms with Crippen molar-refractivity contribution in [1.82, 2.24) is 0 Å². The van der Waals surface area contributed by atoms with Gasteiger partial charge in [0.25, 0.3) is 0 Å². The van der Waals surface area contributed by atoms with E-state index in [1.165, 1.54) is 0 Å². The third-order valence-corrected chi connectivity index (χ3v) is 4.72. The highest BCUT2D eigenvalue weighted by Crippen LogP contribution is 2.35. The Hall–Kier alpha value is -3.46. The number of ether oxygens (including phenoxy) is 3. The van der Waals surface area contributed by atoms with E-state index in [2.05, 4.69) is 14.2 Å². The molecule has 0 heterocycles. The number of halogens is 15. The second-order valence-corrected chi connectivity index (χ2v) is 8.05. The Morgan fingerprint density at radius 1 is 0.488 bits per heavy atom. The summed E-state index contributed by atoms with van der Waals surface area (Å²) < 4.78 is 202. The van der Waals surface area contributed by atoms with E-state index in [4.69, 9.17) is 0 Å². The minimum Gasteiger partial charge on any atom is -0.465 e. The van der Waals surface area contributed by atoms with Gasteiger partial charge in [-0.2, -0.15) is 65.9 Å². The first-order chi connectivity index (χ1) is 19.4. The van der Waals surface area contributed by atoms with Gasteiger partial charge in [-0.25, -0.2) is 4.79 Å². The molecule has 0 aromatic rings. The lowest BCUT2D eigenvalue weighted by Gasteiger charge is -2.25. The first kappa shape index (κ1) is 39.5. The molecule has 0 fully saturated rings. The number of aliphatic hydroxyl groups is 1. The molecule has 7 nitrogen and oxygen atoms in total. The van der Waals surface area contributed by atoms with Crippen molar-refractivity contribution in [2.24, 2.45) is 0 Å². The summed E-state index contributed by atoms with van der Waals surface area (Å²) in [5.74, 6) is -30.7. The van der Waals surface area contributed by atoms with Crippen LogP contribution in [-0.4, -0.2) is 66.2 Å². The molecular weight excluding hydrogens is 649 g/mol. The maximum atomic E-state index is 13.3. The monoisotopic (exact) mass is 666 g/mol. The quantitative estimate of drug-likeness (QED) is 0.109. The van der Waals surface area contributed by atoms with Gasteiger partial charge < -0.3 is 19.3 Å². The first-order valence-corrected chi connectivity index (χ1v) is 10.9. The van der Waals surface area contributed by atoms with Crippen LogP contribution in [0.5, 0.6) is 0 Å². The first-order valence-electron chi connectivity index (χ1n) is 10.9. The lowest BCUT2D eigenvalue weighted by molar-refractivity contribution is -0.179. The third-order valence-electron chi connectivity index (χ3n) is 4.72. The van der Waals surface area contributed by atoms with Crippen LogP contribution < -0.4 is 0 Å². The van der Waals surface area contributed by atoms with Crippen LogP contribution >= 0.6 is 0 Å². The SMILES string of the molecule is O=C(CC(O)(CC(=O)OCCC(F)(F)C(F)=C(F)F)C(=O)OCCC(F)(F)C(F)=C(F)F)OCCC(F)(F)C(F)=C(F)F. The molecule has 0 atom stereocenters. The Labute approximate surface area is 229 Å². The van der Waals surface area contributed by atoms with Crippen LogP contribution in [0, 0.1) is 0 Å². The van der Waals surface area contributed by atoms with Gasteiger partial charge in [-0.1, -0.05) is 0 Å². The van der Waals surface area contributed by atoms with Crippen LogP contribution in [0.4, 0.5) is 65.9 Å². The van der Waals surface area contributed by atoms with E-state index >= 15 is 0 Å². The Bertz CT molecular complexity index is 1050. The number of carbonyl (C=O) groups is 3. The van der Waals surface area contributed by atoms with Crippen LogP contribution in [0.1, 0.15) is 32.1 Å². The van der Waals surface area contributed by atoms with E-state index in [1.54, 1.807) is 0 Å². The second kappa shape index (κ2) is 15.8. The molecule has 0 unspecified atom stereocenters. The van der Waals surface area contributed by atoms with Crippen molar-refractivity contribution in [3.8, 4) is 0 Å². The molecule has 43 heavy (non-hydrogen) atoms. The fraction of sp³-hybridized carbons (Fsp3) is 0.571. The summed E-state index contributed by atoms with van der Waals surface area (Å²) in [5.41, 5.74) is -3.65. The summed E-state index contributed by atoms with van der Waals surface area (Å²) in [6.45, 7) is -4.93. The zero-order valence-corrected chi connectivity index (χ0v) is 20.7. The molecular formula is C21H17F15O7. The van der Waals surface area contributed by atoms with E-state index in [-0.39, 0.29) is 0 Å². The number of hydrogen-bond acceptors (Lipinski definition) is 7. The van der Waals surface area contributed by atoms with Crippen molar-refractivity contribution < 1.29 is 99.6 Å². The van der Waals surface area contributed by atoms with Gasteiger partial charge in [0.2, 0.25) is 17.5 Å². The zero-order valence-electron chi connectivity index (χ0n) is 20.7. The summed E-state index contributed by atoms with van der Waals surface area (Å²) in [4.78, 5) is 36.0. The molecule has 0 saturated carbocycles. The average molecular weight is 666 g/mol. The fourth-order valence-electron chi connectivity index (χ4n) is 2.52. The molecule has 0 saturated heterocycles. The molecule has 248 valence electrons. The molecule has 0 aromatic heterocycles. The normalized spacial score (nSPS) is 12.3. The number of carbonyl (C=O) groups excluding carboxylic acids is 3. The Morgan fingerprint density at radius 2 is 0.744 bits per heavy atom. The van der Waals surface area contributed by atoms with Crippen LogP contribution in [0.2, 0.25) is 0 Å². The van der Waals surface area contributed by atoms with E-state index in [0.717, 1.165) is 0 Å². The number of rotatable bonds is 17. The summed E-state index contributed by atoms with van der Waals surface area (Å²) in [5, 5.41) is 10.4. The highest BCUT2D eigenvalue weighted by Gasteiger charge is 2.46. The molecule has 0 rings (SSSR count). The van der Waals surface area contributed by atoms with Crippen molar-refractivity contribution >= 4 is 17.9 Å². The van der Waals surface area contributed by atoms with E-state index in [9.17, 15) is 85.3 Å². The van der Waals surface area contributed by atoms with Gasteiger partial charge in [-0.05, 0) is 0 Å². The van der Waals surface area contributed by atoms with Gasteiger partial charge in [-0.3, -0.25) is 9.59 Å². The van der Waals surface area contributed by atoms with E-state index in [0.29, 0.717) is 0 Å². The number of hydrogen-bond donors (Lipinski definition) is 1. The molecule has 0 aliphatic rings. The average Bonchev–Trinajstić information content (AvgIpc) is 2.86. The van der Waals surface area contributed by atoms with Crippen molar-refractivity contribution in [3.63, 3.8) is 0 Å². The van der Waals surface area contributed by atoms with Crippen LogP contribution in [-0.2, 0) is 28.6 Å². The van der Waals surface area contributed by atoms with Crippen LogP contribution in [0.3, 0.4) is 0 Å². The predicted molar refractivity (Wildman–Crippen MR) is 107 cm³/mol. The van der Waals surface area contributed by atoms with Crippen LogP contribution in [0.15, 0.2) is 35.7 Å². The molecule has 0 amide bonds. The molecule has 0 bridgehead atoms. The fourth-order valence-corrected chi connectivity index (χ4v) is 2.52. The topological polar surface area (TPSA) is 99.1 Å². The van der Waals surface area contributed by atoms with Crippen molar-refractivity contribution in [2.45, 2.75) is 55.5 Å². The van der Waals surface area contributed by atoms with E-state index in [1.807, 2.05) is 0 Å². The number of alkyl halides is 6. The maximum absolute atomic E-state index is 13.3. The Kier molecular flexibility index (Phi) is 14.6. The second-order valence-electron chi connectivity index (χ2n) is 8.05. The molecule has 0 aliphatic heterocycles. The summed E-state index contributed by atoms with van der Waals surface area (Å²) >= 11 is 0. The minimum absolute atomic E-state index is 1.60. The summed E-state index contributed by atoms with van der Waals surface area (Å²) in [7, 11) is 0. The third kappa shape index (κ3) is 12.7. The molecule has 1 N–H and O–H groups in total. The summed E-state index contributed by atoms with van der Waals surface area (Å²) in [6, 6.07) is 0. The maximum Gasteiger partial charge on any atom is 0.339 e. The summed E-state index contributed by atoms with van der Waals surface area (Å²) in [6.07, 6.45) is -20.0. The van der Waals surface area contributed by atoms with Gasteiger partial charge in [0.15, 0.2) is 5.60 Å². The highest BCUT2D eigenvalue weighted by atomic mass is 19.3. The lowest BCUT2D eigenvalue weighted by atomic mass is 9.95. The van der Waals surface area contributed by atoms with Crippen molar-refractivity contribution in [1.29, 1.82) is 0 Å². The van der Waals surface area contributed by atoms with Gasteiger partial charge >= 0.3 is 53.9 Å². The van der Waals surface area contributed by atoms with Crippen molar-refractivity contribution in [3.05, 3.63) is 35.7 Å². The van der Waals surface area contributed by atoms with Gasteiger partial charge in [0.05, 0.1) is 51.9 Å². The van der Waals surface area contributed by atoms with Crippen molar-refractivity contribution in [2.75, 3.05) is 19.8 Å². The Morgan fingerprint density at radius 3 is 1.00 bits per heavy atom. The molecule has 0 radical (unpaired) electrons. The van der Waals surface area contributed by atoms with Gasteiger partial charge in [0.1, 0.15) is 0 Å². The number of allylic oxidation sites excluding steroid dienone is 3. The van der Waals surface area contributed by atoms with Gasteiger partial charge in [0, 0.05) is 0 Å². The molecule has 0 aromatic carbocycles. The standard InChI is InChI=1S/C21H17F15O7/c22-11(14(25)26)19(31,32)1-4-41-9(37)7-18(40,17(39)43-6-3-21(35,36)13(24)16(29)30)8-10(38)42-5-2-20(33,34)12(23)15(27)28/h40H,1-8H2. The number of esters is 3. The predicted octanol–water partition coefficient (Wildman–Crippen LogP) is 6.44. The molecule has 22 heteroatoms. The smallest absolute Gasteiger partial charge is 0.339 e.